The largest absolute Gasteiger partial charge is 0.497 e. The molecule has 0 spiro atoms. The van der Waals surface area contributed by atoms with Crippen LogP contribution in [0.1, 0.15) is 45.7 Å². The highest BCUT2D eigenvalue weighted by Gasteiger charge is 2.02. The summed E-state index contributed by atoms with van der Waals surface area (Å²) in [6, 6.07) is 13.2. The lowest BCUT2D eigenvalue weighted by Gasteiger charge is -2.01. The van der Waals surface area contributed by atoms with E-state index >= 15 is 0 Å². The predicted octanol–water partition coefficient (Wildman–Crippen LogP) is 6.45. The van der Waals surface area contributed by atoms with Crippen LogP contribution < -0.4 is 9.47 Å². The summed E-state index contributed by atoms with van der Waals surface area (Å²) in [6.07, 6.45) is 1.07. The van der Waals surface area contributed by atoms with Crippen molar-refractivity contribution in [2.45, 2.75) is 48.0 Å². The third-order valence-corrected chi connectivity index (χ3v) is 2.92. The average Bonchev–Trinajstić information content (AvgIpc) is 2.67. The molecule has 0 atom stereocenters. The first-order valence-electron chi connectivity index (χ1n) is 8.54. The van der Waals surface area contributed by atoms with Gasteiger partial charge < -0.3 is 9.47 Å². The molecule has 0 radical (unpaired) electrons. The second-order valence-corrected chi connectivity index (χ2v) is 4.30. The summed E-state index contributed by atoms with van der Waals surface area (Å²) < 4.78 is 22.7. The fourth-order valence-corrected chi connectivity index (χ4v) is 1.67. The van der Waals surface area contributed by atoms with Gasteiger partial charge in [0.15, 0.2) is 11.6 Å². The Morgan fingerprint density at radius 1 is 0.875 bits per heavy atom. The molecule has 0 aliphatic rings. The van der Waals surface area contributed by atoms with Crippen LogP contribution in [0.4, 0.5) is 4.39 Å². The van der Waals surface area contributed by atoms with Crippen molar-refractivity contribution in [2.75, 3.05) is 14.2 Å². The smallest absolute Gasteiger partial charge is 0.167 e. The van der Waals surface area contributed by atoms with E-state index in [0.717, 1.165) is 12.2 Å². The van der Waals surface area contributed by atoms with E-state index in [-0.39, 0.29) is 5.82 Å². The molecule has 0 saturated carbocycles. The molecule has 2 rings (SSSR count). The third kappa shape index (κ3) is 9.19. The summed E-state index contributed by atoms with van der Waals surface area (Å²) >= 11 is 0. The van der Waals surface area contributed by atoms with Gasteiger partial charge in [-0.05, 0) is 42.7 Å². The molecule has 0 unspecified atom stereocenters. The first-order valence-corrected chi connectivity index (χ1v) is 8.54. The molecule has 2 aromatic carbocycles. The van der Waals surface area contributed by atoms with Crippen LogP contribution in [0, 0.1) is 12.7 Å². The molecule has 0 N–H and O–H groups in total. The fraction of sp³-hybridized carbons (Fsp3) is 0.429. The molecule has 0 fully saturated rings. The van der Waals surface area contributed by atoms with Gasteiger partial charge >= 0.3 is 0 Å². The molecule has 0 saturated heterocycles. The van der Waals surface area contributed by atoms with E-state index in [1.807, 2.05) is 39.8 Å². The highest BCUT2D eigenvalue weighted by atomic mass is 19.1. The Labute approximate surface area is 147 Å². The minimum absolute atomic E-state index is 0.273. The minimum Gasteiger partial charge on any atom is -0.497 e. The minimum atomic E-state index is -0.273. The van der Waals surface area contributed by atoms with Gasteiger partial charge in [0, 0.05) is 0 Å². The number of hydrogen-bond acceptors (Lipinski definition) is 2. The van der Waals surface area contributed by atoms with Crippen LogP contribution in [0.25, 0.3) is 0 Å². The molecular formula is C21H33FO2. The van der Waals surface area contributed by atoms with Crippen molar-refractivity contribution in [1.82, 2.24) is 0 Å². The Bertz CT molecular complexity index is 520. The maximum atomic E-state index is 12.9. The van der Waals surface area contributed by atoms with E-state index in [1.54, 1.807) is 32.2 Å². The molecule has 136 valence electrons. The van der Waals surface area contributed by atoms with Gasteiger partial charge in [0.1, 0.15) is 5.75 Å². The molecule has 2 nitrogen and oxygen atoms in total. The van der Waals surface area contributed by atoms with E-state index in [2.05, 4.69) is 19.1 Å². The molecule has 0 bridgehead atoms. The normalized spacial score (nSPS) is 8.38. The summed E-state index contributed by atoms with van der Waals surface area (Å²) in [7, 11) is 3.15. The Morgan fingerprint density at radius 2 is 1.46 bits per heavy atom. The fourth-order valence-electron chi connectivity index (χ4n) is 1.67. The number of ether oxygens (including phenoxy) is 2. The lowest BCUT2D eigenvalue weighted by molar-refractivity contribution is 0.385. The summed E-state index contributed by atoms with van der Waals surface area (Å²) in [5.41, 5.74) is 1.93. The zero-order chi connectivity index (χ0) is 19.0. The summed E-state index contributed by atoms with van der Waals surface area (Å²) in [4.78, 5) is 0. The van der Waals surface area contributed by atoms with E-state index < -0.39 is 0 Å². The monoisotopic (exact) mass is 336 g/mol. The van der Waals surface area contributed by atoms with E-state index in [1.165, 1.54) is 12.7 Å². The number of hydrogen-bond donors (Lipinski definition) is 0. The van der Waals surface area contributed by atoms with Crippen LogP contribution in [-0.4, -0.2) is 14.2 Å². The first kappa shape index (κ1) is 24.2. The number of halogens is 1. The topological polar surface area (TPSA) is 18.5 Å². The predicted molar refractivity (Wildman–Crippen MR) is 103 cm³/mol. The van der Waals surface area contributed by atoms with Crippen molar-refractivity contribution in [3.8, 4) is 11.5 Å². The standard InChI is InChI=1S/C9H12O.C8H9FO.2C2H6/c1-3-8-5-4-6-9(7-8)10-2;1-6-4-3-5-7(10-2)8(6)9;2*1-2/h4-7H,3H2,1-2H3;3-5H,1-2H3;2*1-2H3. The van der Waals surface area contributed by atoms with Crippen molar-refractivity contribution < 1.29 is 13.9 Å². The van der Waals surface area contributed by atoms with Crippen molar-refractivity contribution in [1.29, 1.82) is 0 Å². The van der Waals surface area contributed by atoms with Gasteiger partial charge in [0.2, 0.25) is 0 Å². The van der Waals surface area contributed by atoms with Crippen molar-refractivity contribution in [3.63, 3.8) is 0 Å². The zero-order valence-corrected chi connectivity index (χ0v) is 16.4. The zero-order valence-electron chi connectivity index (χ0n) is 16.4. The molecule has 0 aliphatic heterocycles. The maximum Gasteiger partial charge on any atom is 0.167 e. The number of methoxy groups -OCH3 is 2. The maximum absolute atomic E-state index is 12.9. The van der Waals surface area contributed by atoms with Gasteiger partial charge in [-0.1, -0.05) is 58.9 Å². The van der Waals surface area contributed by atoms with Crippen LogP contribution in [-0.2, 0) is 6.42 Å². The van der Waals surface area contributed by atoms with E-state index in [4.69, 9.17) is 9.47 Å². The second kappa shape index (κ2) is 15.9. The van der Waals surface area contributed by atoms with Crippen LogP contribution >= 0.6 is 0 Å². The number of benzene rings is 2. The van der Waals surface area contributed by atoms with E-state index in [9.17, 15) is 4.39 Å². The highest BCUT2D eigenvalue weighted by Crippen LogP contribution is 2.18. The first-order chi connectivity index (χ1) is 11.6. The summed E-state index contributed by atoms with van der Waals surface area (Å²) in [5.74, 6) is 0.976. The second-order valence-electron chi connectivity index (χ2n) is 4.30. The van der Waals surface area contributed by atoms with Gasteiger partial charge in [-0.25, -0.2) is 4.39 Å². The number of aryl methyl sites for hydroxylation is 2. The van der Waals surface area contributed by atoms with Crippen LogP contribution in [0.15, 0.2) is 42.5 Å². The van der Waals surface area contributed by atoms with Crippen molar-refractivity contribution >= 4 is 0 Å². The summed E-state index contributed by atoms with van der Waals surface area (Å²) in [5, 5.41) is 0. The molecule has 0 amide bonds. The molecule has 2 aromatic rings. The highest BCUT2D eigenvalue weighted by molar-refractivity contribution is 5.30. The van der Waals surface area contributed by atoms with Crippen LogP contribution in [0.2, 0.25) is 0 Å². The average molecular weight is 336 g/mol. The molecule has 3 heteroatoms. The SMILES string of the molecule is CC.CC.CCc1cccc(OC)c1.COc1cccc(C)c1F. The molecule has 0 heterocycles. The Morgan fingerprint density at radius 3 is 1.92 bits per heavy atom. The molecule has 0 aromatic heterocycles. The lowest BCUT2D eigenvalue weighted by atomic mass is 10.2. The van der Waals surface area contributed by atoms with Gasteiger partial charge in [-0.15, -0.1) is 0 Å². The van der Waals surface area contributed by atoms with Crippen molar-refractivity contribution in [2.24, 2.45) is 0 Å². The Kier molecular flexibility index (Phi) is 16.0. The van der Waals surface area contributed by atoms with Crippen LogP contribution in [0.3, 0.4) is 0 Å². The van der Waals surface area contributed by atoms with Gasteiger partial charge in [0.25, 0.3) is 0 Å². The molecular weight excluding hydrogens is 303 g/mol. The van der Waals surface area contributed by atoms with Gasteiger partial charge in [0.05, 0.1) is 14.2 Å². The molecule has 0 aliphatic carbocycles. The van der Waals surface area contributed by atoms with Gasteiger partial charge in [-0.3, -0.25) is 0 Å². The molecule has 24 heavy (non-hydrogen) atoms. The Hall–Kier alpha value is -2.03. The van der Waals surface area contributed by atoms with Gasteiger partial charge in [-0.2, -0.15) is 0 Å². The van der Waals surface area contributed by atoms with Crippen LogP contribution in [0.5, 0.6) is 11.5 Å². The quantitative estimate of drug-likeness (QED) is 0.641. The third-order valence-electron chi connectivity index (χ3n) is 2.92. The summed E-state index contributed by atoms with van der Waals surface area (Å²) in [6.45, 7) is 11.8. The Balaban J connectivity index is 0. The number of rotatable bonds is 3. The van der Waals surface area contributed by atoms with Crippen molar-refractivity contribution in [3.05, 3.63) is 59.4 Å². The van der Waals surface area contributed by atoms with E-state index in [0.29, 0.717) is 11.3 Å². The lowest BCUT2D eigenvalue weighted by Crippen LogP contribution is -1.89.